The molecule has 0 spiro atoms. The summed E-state index contributed by atoms with van der Waals surface area (Å²) in [5.41, 5.74) is 5.91. The van der Waals surface area contributed by atoms with Gasteiger partial charge < -0.3 is 15.5 Å². The van der Waals surface area contributed by atoms with E-state index in [1.807, 2.05) is 4.90 Å². The summed E-state index contributed by atoms with van der Waals surface area (Å²) >= 11 is 0. The van der Waals surface area contributed by atoms with Gasteiger partial charge in [-0.05, 0) is 12.8 Å². The first-order valence-corrected chi connectivity index (χ1v) is 6.86. The molecule has 0 aromatic rings. The van der Waals surface area contributed by atoms with Crippen LogP contribution in [0.4, 0.5) is 0 Å². The summed E-state index contributed by atoms with van der Waals surface area (Å²) in [6, 6.07) is -0.381. The van der Waals surface area contributed by atoms with Crippen molar-refractivity contribution in [2.75, 3.05) is 26.2 Å². The Hall–Kier alpha value is -1.10. The molecule has 0 unspecified atom stereocenters. The van der Waals surface area contributed by atoms with Gasteiger partial charge in [0, 0.05) is 33.1 Å². The molecule has 5 nitrogen and oxygen atoms in total. The second kappa shape index (κ2) is 7.36. The summed E-state index contributed by atoms with van der Waals surface area (Å²) in [5.74, 6) is 0.119. The van der Waals surface area contributed by atoms with E-state index in [0.717, 1.165) is 32.2 Å². The lowest BCUT2D eigenvalue weighted by Crippen LogP contribution is -2.45. The number of rotatable bonds is 4. The summed E-state index contributed by atoms with van der Waals surface area (Å²) in [4.78, 5) is 27.0. The molecule has 2 amide bonds. The van der Waals surface area contributed by atoms with Crippen molar-refractivity contribution < 1.29 is 9.59 Å². The Morgan fingerprint density at radius 2 is 1.78 bits per heavy atom. The molecular formula is C13H25N3O2. The molecule has 0 aromatic heterocycles. The third-order valence-corrected chi connectivity index (χ3v) is 3.44. The van der Waals surface area contributed by atoms with Crippen LogP contribution in [0.1, 0.15) is 39.5 Å². The first kappa shape index (κ1) is 15.0. The van der Waals surface area contributed by atoms with E-state index in [4.69, 9.17) is 5.73 Å². The van der Waals surface area contributed by atoms with Crippen molar-refractivity contribution in [3.05, 3.63) is 0 Å². The molecule has 1 aliphatic rings. The van der Waals surface area contributed by atoms with Gasteiger partial charge in [-0.2, -0.15) is 0 Å². The molecule has 0 saturated carbocycles. The molecule has 1 saturated heterocycles. The van der Waals surface area contributed by atoms with Gasteiger partial charge in [-0.3, -0.25) is 9.59 Å². The van der Waals surface area contributed by atoms with Crippen LogP contribution >= 0.6 is 0 Å². The molecule has 0 radical (unpaired) electrons. The highest BCUT2D eigenvalue weighted by Gasteiger charge is 2.23. The van der Waals surface area contributed by atoms with Gasteiger partial charge in [0.05, 0.1) is 6.04 Å². The molecule has 0 bridgehead atoms. The van der Waals surface area contributed by atoms with Crippen LogP contribution in [0.15, 0.2) is 0 Å². The number of carbonyl (C=O) groups is 2. The minimum Gasteiger partial charge on any atom is -0.341 e. The molecule has 1 heterocycles. The van der Waals surface area contributed by atoms with E-state index in [1.54, 1.807) is 11.8 Å². The van der Waals surface area contributed by atoms with Gasteiger partial charge in [-0.1, -0.05) is 19.8 Å². The predicted octanol–water partition coefficient (Wildman–Crippen LogP) is 0.585. The van der Waals surface area contributed by atoms with Gasteiger partial charge in [0.1, 0.15) is 0 Å². The third-order valence-electron chi connectivity index (χ3n) is 3.44. The van der Waals surface area contributed by atoms with E-state index >= 15 is 0 Å². The molecular weight excluding hydrogens is 230 g/mol. The van der Waals surface area contributed by atoms with Crippen molar-refractivity contribution >= 4 is 11.8 Å². The number of nitrogens with two attached hydrogens (primary N) is 1. The van der Waals surface area contributed by atoms with Crippen LogP contribution in [-0.4, -0.2) is 53.8 Å². The van der Waals surface area contributed by atoms with E-state index in [1.165, 1.54) is 0 Å². The summed E-state index contributed by atoms with van der Waals surface area (Å²) in [6.45, 7) is 6.35. The Bertz CT molecular complexity index is 294. The zero-order valence-corrected chi connectivity index (χ0v) is 11.5. The van der Waals surface area contributed by atoms with Crippen LogP contribution < -0.4 is 5.73 Å². The Kier molecular flexibility index (Phi) is 6.12. The van der Waals surface area contributed by atoms with Gasteiger partial charge in [-0.25, -0.2) is 0 Å². The molecule has 0 aromatic carbocycles. The van der Waals surface area contributed by atoms with Gasteiger partial charge >= 0.3 is 0 Å². The fourth-order valence-electron chi connectivity index (χ4n) is 2.23. The topological polar surface area (TPSA) is 66.6 Å². The molecule has 1 rings (SSSR count). The van der Waals surface area contributed by atoms with E-state index in [0.29, 0.717) is 19.6 Å². The van der Waals surface area contributed by atoms with Crippen molar-refractivity contribution in [2.45, 2.75) is 45.6 Å². The molecule has 1 atom stereocenters. The first-order chi connectivity index (χ1) is 8.56. The number of unbranched alkanes of at least 4 members (excludes halogenated alkanes) is 1. The molecule has 18 heavy (non-hydrogen) atoms. The van der Waals surface area contributed by atoms with Crippen LogP contribution in [0.3, 0.4) is 0 Å². The smallest absolute Gasteiger partial charge is 0.239 e. The van der Waals surface area contributed by atoms with Crippen molar-refractivity contribution in [3.63, 3.8) is 0 Å². The number of carbonyl (C=O) groups excluding carboxylic acids is 2. The quantitative estimate of drug-likeness (QED) is 0.799. The number of hydrogen-bond acceptors (Lipinski definition) is 3. The van der Waals surface area contributed by atoms with Crippen LogP contribution in [-0.2, 0) is 9.59 Å². The lowest BCUT2D eigenvalue weighted by Gasteiger charge is -2.24. The SMILES string of the molecule is CCCC[C@H](N)C(=O)N1CCCN(C(C)=O)CC1. The standard InChI is InChI=1S/C13H25N3O2/c1-3-4-6-12(14)13(18)16-8-5-7-15(9-10-16)11(2)17/h12H,3-10,14H2,1-2H3/t12-/m0/s1. The van der Waals surface area contributed by atoms with Gasteiger partial charge in [0.15, 0.2) is 0 Å². The van der Waals surface area contributed by atoms with E-state index in [-0.39, 0.29) is 17.9 Å². The molecule has 5 heteroatoms. The second-order valence-electron chi connectivity index (χ2n) is 4.93. The summed E-state index contributed by atoms with van der Waals surface area (Å²) < 4.78 is 0. The number of hydrogen-bond donors (Lipinski definition) is 1. The highest BCUT2D eigenvalue weighted by Crippen LogP contribution is 2.07. The van der Waals surface area contributed by atoms with Crippen LogP contribution in [0.5, 0.6) is 0 Å². The van der Waals surface area contributed by atoms with E-state index in [9.17, 15) is 9.59 Å². The average Bonchev–Trinajstić information content (AvgIpc) is 2.60. The Morgan fingerprint density at radius 1 is 1.17 bits per heavy atom. The van der Waals surface area contributed by atoms with E-state index < -0.39 is 0 Å². The predicted molar refractivity (Wildman–Crippen MR) is 71.0 cm³/mol. The van der Waals surface area contributed by atoms with Gasteiger partial charge in [-0.15, -0.1) is 0 Å². The van der Waals surface area contributed by atoms with Crippen molar-refractivity contribution in [1.82, 2.24) is 9.80 Å². The molecule has 104 valence electrons. The minimum absolute atomic E-state index is 0.0360. The molecule has 2 N–H and O–H groups in total. The maximum atomic E-state index is 12.1. The number of amides is 2. The second-order valence-corrected chi connectivity index (χ2v) is 4.93. The van der Waals surface area contributed by atoms with Crippen LogP contribution in [0.25, 0.3) is 0 Å². The lowest BCUT2D eigenvalue weighted by atomic mass is 10.1. The molecule has 0 aliphatic carbocycles. The fraction of sp³-hybridized carbons (Fsp3) is 0.846. The number of nitrogens with zero attached hydrogens (tertiary/aromatic N) is 2. The summed E-state index contributed by atoms with van der Waals surface area (Å²) in [7, 11) is 0. The van der Waals surface area contributed by atoms with Crippen LogP contribution in [0.2, 0.25) is 0 Å². The first-order valence-electron chi connectivity index (χ1n) is 6.86. The maximum absolute atomic E-state index is 12.1. The Balaban J connectivity index is 2.46. The highest BCUT2D eigenvalue weighted by atomic mass is 16.2. The highest BCUT2D eigenvalue weighted by molar-refractivity contribution is 5.81. The summed E-state index contributed by atoms with van der Waals surface area (Å²) in [5, 5.41) is 0. The minimum atomic E-state index is -0.381. The van der Waals surface area contributed by atoms with Crippen molar-refractivity contribution in [3.8, 4) is 0 Å². The Morgan fingerprint density at radius 3 is 2.39 bits per heavy atom. The van der Waals surface area contributed by atoms with Crippen molar-refractivity contribution in [2.24, 2.45) is 5.73 Å². The fourth-order valence-corrected chi connectivity index (χ4v) is 2.23. The lowest BCUT2D eigenvalue weighted by molar-refractivity contribution is -0.133. The van der Waals surface area contributed by atoms with E-state index in [2.05, 4.69) is 6.92 Å². The summed E-state index contributed by atoms with van der Waals surface area (Å²) in [6.07, 6.45) is 3.63. The monoisotopic (exact) mass is 255 g/mol. The third kappa shape index (κ3) is 4.29. The molecule has 1 aliphatic heterocycles. The van der Waals surface area contributed by atoms with Crippen LogP contribution in [0, 0.1) is 0 Å². The maximum Gasteiger partial charge on any atom is 0.239 e. The zero-order valence-electron chi connectivity index (χ0n) is 11.5. The zero-order chi connectivity index (χ0) is 13.5. The van der Waals surface area contributed by atoms with Gasteiger partial charge in [0.2, 0.25) is 11.8 Å². The van der Waals surface area contributed by atoms with Crippen molar-refractivity contribution in [1.29, 1.82) is 0 Å². The molecule has 1 fully saturated rings. The average molecular weight is 255 g/mol. The van der Waals surface area contributed by atoms with Gasteiger partial charge in [0.25, 0.3) is 0 Å². The normalized spacial score (nSPS) is 18.4. The largest absolute Gasteiger partial charge is 0.341 e. The Labute approximate surface area is 109 Å².